The van der Waals surface area contributed by atoms with Gasteiger partial charge >= 0.3 is 0 Å². The quantitative estimate of drug-likeness (QED) is 0.654. The Kier molecular flexibility index (Phi) is 1.97. The highest BCUT2D eigenvalue weighted by Crippen LogP contribution is 2.36. The molecular weight excluding hydrogens is 164 g/mol. The van der Waals surface area contributed by atoms with Crippen LogP contribution in [0.4, 0.5) is 0 Å². The molecule has 1 aliphatic heterocycles. The van der Waals surface area contributed by atoms with E-state index in [1.807, 2.05) is 13.0 Å². The maximum atomic E-state index is 5.42. The summed E-state index contributed by atoms with van der Waals surface area (Å²) in [5, 5.41) is 0. The SMILES string of the molecule is COc1c(C)ccc2c1OC=CC2. The Labute approximate surface area is 77.8 Å². The molecule has 2 nitrogen and oxygen atoms in total. The van der Waals surface area contributed by atoms with E-state index in [4.69, 9.17) is 9.47 Å². The maximum absolute atomic E-state index is 5.42. The second-order valence-corrected chi connectivity index (χ2v) is 3.10. The first-order chi connectivity index (χ1) is 6.33. The van der Waals surface area contributed by atoms with Crippen molar-refractivity contribution in [3.8, 4) is 11.5 Å². The van der Waals surface area contributed by atoms with Crippen LogP contribution >= 0.6 is 0 Å². The zero-order valence-corrected chi connectivity index (χ0v) is 7.83. The van der Waals surface area contributed by atoms with E-state index in [1.165, 1.54) is 5.56 Å². The number of fused-ring (bicyclic) bond motifs is 1. The highest BCUT2D eigenvalue weighted by Gasteiger charge is 2.14. The smallest absolute Gasteiger partial charge is 0.172 e. The van der Waals surface area contributed by atoms with E-state index in [-0.39, 0.29) is 0 Å². The summed E-state index contributed by atoms with van der Waals surface area (Å²) in [7, 11) is 1.67. The lowest BCUT2D eigenvalue weighted by Crippen LogP contribution is -2.00. The van der Waals surface area contributed by atoms with Gasteiger partial charge in [0.25, 0.3) is 0 Å². The minimum Gasteiger partial charge on any atom is -0.493 e. The van der Waals surface area contributed by atoms with Crippen molar-refractivity contribution in [3.63, 3.8) is 0 Å². The lowest BCUT2D eigenvalue weighted by molar-refractivity contribution is 0.370. The number of benzene rings is 1. The maximum Gasteiger partial charge on any atom is 0.172 e. The Morgan fingerprint density at radius 1 is 1.38 bits per heavy atom. The van der Waals surface area contributed by atoms with Crippen LogP contribution in [0.15, 0.2) is 24.5 Å². The molecule has 68 valence electrons. The van der Waals surface area contributed by atoms with Crippen LogP contribution < -0.4 is 9.47 Å². The third-order valence-corrected chi connectivity index (χ3v) is 2.21. The van der Waals surface area contributed by atoms with Crippen LogP contribution in [0, 0.1) is 6.92 Å². The van der Waals surface area contributed by atoms with E-state index in [9.17, 15) is 0 Å². The fourth-order valence-electron chi connectivity index (χ4n) is 1.54. The van der Waals surface area contributed by atoms with Gasteiger partial charge in [-0.3, -0.25) is 0 Å². The third kappa shape index (κ3) is 1.28. The summed E-state index contributed by atoms with van der Waals surface area (Å²) in [6, 6.07) is 4.14. The fourth-order valence-corrected chi connectivity index (χ4v) is 1.54. The van der Waals surface area contributed by atoms with Gasteiger partial charge in [0.15, 0.2) is 11.5 Å². The number of aryl methyl sites for hydroxylation is 1. The van der Waals surface area contributed by atoms with E-state index in [0.29, 0.717) is 0 Å². The van der Waals surface area contributed by atoms with E-state index in [0.717, 1.165) is 23.5 Å². The molecule has 1 heterocycles. The van der Waals surface area contributed by atoms with Crippen LogP contribution in [0.2, 0.25) is 0 Å². The van der Waals surface area contributed by atoms with Gasteiger partial charge in [0.2, 0.25) is 0 Å². The predicted octanol–water partition coefficient (Wildman–Crippen LogP) is 2.45. The summed E-state index contributed by atoms with van der Waals surface area (Å²) >= 11 is 0. The van der Waals surface area contributed by atoms with Gasteiger partial charge in [-0.15, -0.1) is 0 Å². The summed E-state index contributed by atoms with van der Waals surface area (Å²) < 4.78 is 10.7. The van der Waals surface area contributed by atoms with Gasteiger partial charge in [0.05, 0.1) is 13.4 Å². The standard InChI is InChI=1S/C11H12O2/c1-8-5-6-9-4-3-7-13-11(9)10(8)12-2/h3,5-7H,4H2,1-2H3. The van der Waals surface area contributed by atoms with Crippen LogP contribution in [0.5, 0.6) is 11.5 Å². The summed E-state index contributed by atoms with van der Waals surface area (Å²) in [4.78, 5) is 0. The summed E-state index contributed by atoms with van der Waals surface area (Å²) in [5.41, 5.74) is 2.29. The van der Waals surface area contributed by atoms with Crippen molar-refractivity contribution >= 4 is 0 Å². The average molecular weight is 176 g/mol. The van der Waals surface area contributed by atoms with Gasteiger partial charge in [-0.05, 0) is 25.0 Å². The van der Waals surface area contributed by atoms with Crippen molar-refractivity contribution in [2.24, 2.45) is 0 Å². The fraction of sp³-hybridized carbons (Fsp3) is 0.273. The number of methoxy groups -OCH3 is 1. The summed E-state index contributed by atoms with van der Waals surface area (Å²) in [6.07, 6.45) is 4.63. The van der Waals surface area contributed by atoms with Crippen LogP contribution in [0.1, 0.15) is 11.1 Å². The first kappa shape index (κ1) is 8.17. The lowest BCUT2D eigenvalue weighted by Gasteiger charge is -2.16. The Hall–Kier alpha value is -1.44. The Morgan fingerprint density at radius 2 is 2.23 bits per heavy atom. The van der Waals surface area contributed by atoms with Gasteiger partial charge in [-0.2, -0.15) is 0 Å². The first-order valence-electron chi connectivity index (χ1n) is 4.31. The zero-order chi connectivity index (χ0) is 9.26. The molecule has 0 saturated carbocycles. The van der Waals surface area contributed by atoms with Gasteiger partial charge < -0.3 is 9.47 Å². The number of ether oxygens (including phenoxy) is 2. The molecule has 1 aromatic rings. The van der Waals surface area contributed by atoms with Crippen molar-refractivity contribution in [1.29, 1.82) is 0 Å². The van der Waals surface area contributed by atoms with Crippen LogP contribution in [0.3, 0.4) is 0 Å². The van der Waals surface area contributed by atoms with E-state index in [1.54, 1.807) is 13.4 Å². The van der Waals surface area contributed by atoms with Gasteiger partial charge in [0.1, 0.15) is 0 Å². The van der Waals surface area contributed by atoms with Crippen LogP contribution in [-0.2, 0) is 6.42 Å². The van der Waals surface area contributed by atoms with Crippen molar-refractivity contribution in [3.05, 3.63) is 35.6 Å². The molecule has 0 N–H and O–H groups in total. The molecule has 2 heteroatoms. The van der Waals surface area contributed by atoms with E-state index < -0.39 is 0 Å². The number of hydrogen-bond acceptors (Lipinski definition) is 2. The topological polar surface area (TPSA) is 18.5 Å². The van der Waals surface area contributed by atoms with Crippen LogP contribution in [0.25, 0.3) is 0 Å². The molecule has 0 radical (unpaired) electrons. The molecule has 1 aliphatic rings. The van der Waals surface area contributed by atoms with Gasteiger partial charge in [-0.1, -0.05) is 12.1 Å². The van der Waals surface area contributed by atoms with Crippen molar-refractivity contribution < 1.29 is 9.47 Å². The number of rotatable bonds is 1. The molecule has 0 bridgehead atoms. The molecule has 0 spiro atoms. The Bertz CT molecular complexity index is 353. The van der Waals surface area contributed by atoms with Gasteiger partial charge in [-0.25, -0.2) is 0 Å². The molecule has 0 amide bonds. The second kappa shape index (κ2) is 3.13. The molecule has 0 aromatic heterocycles. The van der Waals surface area contributed by atoms with Crippen molar-refractivity contribution in [2.45, 2.75) is 13.3 Å². The van der Waals surface area contributed by atoms with Crippen molar-refractivity contribution in [2.75, 3.05) is 7.11 Å². The molecule has 1 aromatic carbocycles. The molecule has 0 atom stereocenters. The molecule has 2 rings (SSSR count). The zero-order valence-electron chi connectivity index (χ0n) is 7.83. The van der Waals surface area contributed by atoms with E-state index >= 15 is 0 Å². The molecule has 13 heavy (non-hydrogen) atoms. The minimum absolute atomic E-state index is 0.849. The highest BCUT2D eigenvalue weighted by molar-refractivity contribution is 5.53. The molecule has 0 fully saturated rings. The Balaban J connectivity index is 2.56. The lowest BCUT2D eigenvalue weighted by atomic mass is 10.1. The molecule has 0 saturated heterocycles. The molecule has 0 unspecified atom stereocenters. The third-order valence-electron chi connectivity index (χ3n) is 2.21. The molecule has 0 aliphatic carbocycles. The number of hydrogen-bond donors (Lipinski definition) is 0. The second-order valence-electron chi connectivity index (χ2n) is 3.10. The predicted molar refractivity (Wildman–Crippen MR) is 51.2 cm³/mol. The van der Waals surface area contributed by atoms with E-state index in [2.05, 4.69) is 12.1 Å². The largest absolute Gasteiger partial charge is 0.493 e. The van der Waals surface area contributed by atoms with Gasteiger partial charge in [0, 0.05) is 5.56 Å². The average Bonchev–Trinajstić information content (AvgIpc) is 2.18. The highest BCUT2D eigenvalue weighted by atomic mass is 16.5. The summed E-state index contributed by atoms with van der Waals surface area (Å²) in [5.74, 6) is 1.71. The summed E-state index contributed by atoms with van der Waals surface area (Å²) in [6.45, 7) is 2.01. The monoisotopic (exact) mass is 176 g/mol. The minimum atomic E-state index is 0.849. The van der Waals surface area contributed by atoms with Crippen molar-refractivity contribution in [1.82, 2.24) is 0 Å². The van der Waals surface area contributed by atoms with Crippen LogP contribution in [-0.4, -0.2) is 7.11 Å². The number of allylic oxidation sites excluding steroid dienone is 1. The molecular formula is C11H12O2. The normalized spacial score (nSPS) is 13.4. The first-order valence-corrected chi connectivity index (χ1v) is 4.31. The Morgan fingerprint density at radius 3 is 3.00 bits per heavy atom.